The summed E-state index contributed by atoms with van der Waals surface area (Å²) in [5.41, 5.74) is 11.5. The Morgan fingerprint density at radius 3 is 1.30 bits per heavy atom. The maximum absolute atomic E-state index is 14.9. The standard InChI is InChI=1S/C28H22FN3O4.C18H16BN3O4.C17H15BN2O5.C12H12BrFO2.C8H6BrF.C6H8BNO2.C6H3BrFI/c29-24-12-16(6-9-19(24)21-13-22(21)28(35)36)15-3-1-4-18(11-15)32-14-23(27(34)31-17-7-8-17)25(33)20-5-2-10-30-26(20)32;23-16-14-5-2-8-20-17(14)22(10-15(16)18(24)21-12-6-7-12)13-4-1-3-11(9-13)19(25)26;1-2-25-17(22)14-10-20(12-6-3-5-11(9-12)18(23)24)16-13(15(14)21)7-4-8-19-16;1-2-16-12(15)10-6-9(10)8-4-3-7(13)5-11(8)14;1-2-6-3-4-7(9)5-8(6)10;8-6-3-1-2-5(4-6)7(9)10;7-4-1-2-6(9)5(8)3-4/h1-6,9-12,14,17,21-22H,7-8,13H2,(H,31,34)(H,35,36);1-5,8-10,12,25-26H,6-7H2,(H,21,24);3-10,23-24H,2H2,1H3;3-5,9-10H,2,6H2,1H3;2-5H,1H2;1-4,9-10H,8H2;1-3H/t21-,22+;;;9-,10+;;;/m0..0.../s1. The average molecular weight is 2100 g/mol. The highest BCUT2D eigenvalue weighted by molar-refractivity contribution is 14.1. The number of rotatable bonds is 19. The van der Waals surface area contributed by atoms with E-state index in [4.69, 9.17) is 30.4 Å². The number of nitrogens with one attached hydrogen (secondary N) is 2. The van der Waals surface area contributed by atoms with Crippen molar-refractivity contribution in [3.8, 4) is 28.2 Å². The number of nitrogen functional groups attached to an aromatic ring is 1. The first-order chi connectivity index (χ1) is 63.2. The Bertz CT molecular complexity index is 6880. The van der Waals surface area contributed by atoms with Crippen LogP contribution in [0.2, 0.25) is 0 Å². The van der Waals surface area contributed by atoms with E-state index < -0.39 is 62.3 Å². The summed E-state index contributed by atoms with van der Waals surface area (Å²) in [5.74, 6) is -4.73. The maximum atomic E-state index is 14.9. The lowest BCUT2D eigenvalue weighted by molar-refractivity contribution is -0.144. The third kappa shape index (κ3) is 25.4. The Balaban J connectivity index is 0.000000147. The predicted octanol–water partition coefficient (Wildman–Crippen LogP) is 13.1. The first-order valence-electron chi connectivity index (χ1n) is 41.1. The SMILES string of the molecule is C=Cc1ccc(Br)cc1F.CCOC(=O)[C@@H]1C[C@H]1c1ccc(Br)cc1F.CCOC(=O)c1cn(-c2cccc(B(O)O)c2)c2ncccc2c1=O.Fc1cc(Br)ccc1I.Nc1cccc(B(O)O)c1.O=C(NC1CC1)c1cn(-c2cccc(-c3ccc([C@@H]4C[C@H]4C(=O)O)c(F)c3)c2)c2ncccc2c1=O.O=C(NC1CC1)c1cn(-c2cccc(B(O)O)c2)c2ncccc2c1=O. The van der Waals surface area contributed by atoms with Crippen LogP contribution >= 0.6 is 70.4 Å². The number of carboxylic acids is 1. The molecule has 0 radical (unpaired) electrons. The number of aromatic nitrogens is 6. The predicted molar refractivity (Wildman–Crippen MR) is 516 cm³/mol. The van der Waals surface area contributed by atoms with Crippen LogP contribution in [0.5, 0.6) is 0 Å². The van der Waals surface area contributed by atoms with E-state index in [0.29, 0.717) is 111 Å². The fraction of sp³-hybridized carbons (Fsp3) is 0.168. The molecule has 6 heterocycles. The number of pyridine rings is 6. The molecule has 8 aromatic carbocycles. The molecule has 0 bridgehead atoms. The summed E-state index contributed by atoms with van der Waals surface area (Å²) in [5, 5.41) is 70.7. The molecule has 132 heavy (non-hydrogen) atoms. The number of aliphatic carboxylic acids is 1. The number of hydrogen-bond acceptors (Lipinski definition) is 20. The summed E-state index contributed by atoms with van der Waals surface area (Å²) in [6.07, 6.45) is 15.3. The first kappa shape index (κ1) is 98.6. The zero-order chi connectivity index (χ0) is 94.9. The van der Waals surface area contributed by atoms with Crippen molar-refractivity contribution in [3.05, 3.63) is 354 Å². The third-order valence-electron chi connectivity index (χ3n) is 21.0. The molecule has 26 nitrogen and oxygen atoms in total. The summed E-state index contributed by atoms with van der Waals surface area (Å²) in [7, 11) is -4.68. The topological polar surface area (TPSA) is 400 Å². The molecule has 674 valence electrons. The minimum Gasteiger partial charge on any atom is -0.481 e. The molecule has 4 aliphatic carbocycles. The van der Waals surface area contributed by atoms with E-state index in [1.54, 1.807) is 179 Å². The lowest BCUT2D eigenvalue weighted by Gasteiger charge is -2.14. The van der Waals surface area contributed by atoms with Crippen molar-refractivity contribution in [1.29, 1.82) is 0 Å². The number of carboxylic acid groups (broad SMARTS) is 1. The van der Waals surface area contributed by atoms with E-state index in [-0.39, 0.29) is 98.3 Å². The molecule has 4 atom stereocenters. The number of nitrogens with two attached hydrogens (primary N) is 1. The van der Waals surface area contributed by atoms with Gasteiger partial charge in [-0.3, -0.25) is 33.6 Å². The zero-order valence-corrected chi connectivity index (χ0v) is 77.1. The van der Waals surface area contributed by atoms with Crippen LogP contribution in [0.3, 0.4) is 0 Å². The highest BCUT2D eigenvalue weighted by Crippen LogP contribution is 2.50. The molecular formula is C95H82B3Br3F4IN9O17. The van der Waals surface area contributed by atoms with E-state index in [9.17, 15) is 76.0 Å². The second-order valence-electron chi connectivity index (χ2n) is 30.4. The van der Waals surface area contributed by atoms with Crippen molar-refractivity contribution in [1.82, 2.24) is 39.3 Å². The zero-order valence-electron chi connectivity index (χ0n) is 70.2. The van der Waals surface area contributed by atoms with E-state index in [1.807, 2.05) is 52.9 Å². The number of anilines is 1. The van der Waals surface area contributed by atoms with E-state index in [2.05, 4.69) is 80.0 Å². The maximum Gasteiger partial charge on any atom is 0.488 e. The molecule has 0 spiro atoms. The van der Waals surface area contributed by atoms with Crippen molar-refractivity contribution >= 4 is 183 Å². The fourth-order valence-electron chi connectivity index (χ4n) is 13.8. The smallest absolute Gasteiger partial charge is 0.481 e. The van der Waals surface area contributed by atoms with Gasteiger partial charge in [-0.15, -0.1) is 0 Å². The molecule has 2 amide bonds. The van der Waals surface area contributed by atoms with Crippen LogP contribution in [-0.4, -0.2) is 140 Å². The fourth-order valence-corrected chi connectivity index (χ4v) is 15.1. The van der Waals surface area contributed by atoms with E-state index in [1.165, 1.54) is 67.3 Å². The average Bonchev–Trinajstić information content (AvgIpc) is 1.38. The van der Waals surface area contributed by atoms with Crippen LogP contribution in [0.1, 0.15) is 112 Å². The molecule has 0 aliphatic heterocycles. The normalized spacial score (nSPS) is 14.7. The van der Waals surface area contributed by atoms with Gasteiger partial charge < -0.3 is 74.8 Å². The highest BCUT2D eigenvalue weighted by atomic mass is 127. The lowest BCUT2D eigenvalue weighted by Crippen LogP contribution is -2.32. The largest absolute Gasteiger partial charge is 0.488 e. The van der Waals surface area contributed by atoms with Gasteiger partial charge in [-0.25, -0.2) is 37.3 Å². The monoisotopic (exact) mass is 2090 g/mol. The molecule has 0 unspecified atom stereocenters. The Kier molecular flexibility index (Phi) is 33.7. The molecular weight excluding hydrogens is 2010 g/mol. The molecule has 4 aliphatic rings. The Morgan fingerprint density at radius 1 is 0.485 bits per heavy atom. The van der Waals surface area contributed by atoms with Crippen molar-refractivity contribution in [2.75, 3.05) is 18.9 Å². The quantitative estimate of drug-likeness (QED) is 0.00897. The second kappa shape index (κ2) is 45.1. The Labute approximate surface area is 791 Å². The molecule has 11 N–H and O–H groups in total. The van der Waals surface area contributed by atoms with Crippen molar-refractivity contribution in [2.45, 2.75) is 76.3 Å². The first-order valence-corrected chi connectivity index (χ1v) is 44.6. The number of ether oxygens (including phenoxy) is 2. The number of hydrogen-bond donors (Lipinski definition) is 10. The molecule has 14 aromatic rings. The number of fused-ring (bicyclic) bond motifs is 3. The summed E-state index contributed by atoms with van der Waals surface area (Å²) < 4.78 is 71.4. The number of carbonyl (C=O) groups excluding carboxylic acids is 4. The summed E-state index contributed by atoms with van der Waals surface area (Å²) in [6, 6.07) is 56.4. The number of halogens is 8. The number of benzene rings is 8. The number of esters is 2. The summed E-state index contributed by atoms with van der Waals surface area (Å²) in [4.78, 5) is 111. The minimum absolute atomic E-state index is 0.00727. The van der Waals surface area contributed by atoms with Crippen LogP contribution in [0, 0.1) is 38.7 Å². The highest BCUT2D eigenvalue weighted by Gasteiger charge is 2.47. The van der Waals surface area contributed by atoms with Crippen LogP contribution in [0.4, 0.5) is 23.2 Å². The number of nitrogens with zero attached hydrogens (tertiary/aromatic N) is 6. The van der Waals surface area contributed by atoms with Crippen LogP contribution < -0.4 is 49.0 Å². The lowest BCUT2D eigenvalue weighted by atomic mass is 9.80. The van der Waals surface area contributed by atoms with E-state index in [0.717, 1.165) is 40.2 Å². The van der Waals surface area contributed by atoms with Gasteiger partial charge in [0.05, 0.1) is 41.2 Å². The van der Waals surface area contributed by atoms with Crippen molar-refractivity contribution < 1.29 is 86.3 Å². The van der Waals surface area contributed by atoms with Crippen molar-refractivity contribution in [2.24, 2.45) is 11.8 Å². The molecule has 18 rings (SSSR count). The minimum atomic E-state index is -1.64. The Morgan fingerprint density at radius 2 is 0.886 bits per heavy atom. The van der Waals surface area contributed by atoms with Crippen LogP contribution in [0.25, 0.3) is 67.4 Å². The van der Waals surface area contributed by atoms with Gasteiger partial charge in [0.15, 0.2) is 0 Å². The number of carbonyl (C=O) groups is 5. The summed E-state index contributed by atoms with van der Waals surface area (Å²) >= 11 is 11.5. The third-order valence-corrected chi connectivity index (χ3v) is 23.3. The Hall–Kier alpha value is -12.4. The van der Waals surface area contributed by atoms with Gasteiger partial charge in [0.2, 0.25) is 16.3 Å². The van der Waals surface area contributed by atoms with E-state index >= 15 is 0 Å². The molecule has 6 aromatic heterocycles. The van der Waals surface area contributed by atoms with Gasteiger partial charge in [0.25, 0.3) is 11.8 Å². The van der Waals surface area contributed by atoms with Gasteiger partial charge in [-0.1, -0.05) is 133 Å². The van der Waals surface area contributed by atoms with Crippen LogP contribution in [0.15, 0.2) is 278 Å². The molecule has 0 saturated heterocycles. The van der Waals surface area contributed by atoms with Crippen molar-refractivity contribution in [3.63, 3.8) is 0 Å². The van der Waals surface area contributed by atoms with Gasteiger partial charge in [0, 0.05) is 106 Å². The van der Waals surface area contributed by atoms with Gasteiger partial charge in [0.1, 0.15) is 56.9 Å². The molecule has 37 heteroatoms. The van der Waals surface area contributed by atoms with Gasteiger partial charge >= 0.3 is 39.3 Å². The second-order valence-corrected chi connectivity index (χ2v) is 34.3. The number of amides is 2. The van der Waals surface area contributed by atoms with Gasteiger partial charge in [-0.2, -0.15) is 0 Å². The van der Waals surface area contributed by atoms with Crippen LogP contribution in [-0.2, 0) is 19.1 Å². The van der Waals surface area contributed by atoms with Gasteiger partial charge in [-0.05, 0) is 247 Å². The molecule has 4 fully saturated rings. The summed E-state index contributed by atoms with van der Waals surface area (Å²) in [6.45, 7) is 7.43. The molecule has 4 saturated carbocycles.